The third-order valence-corrected chi connectivity index (χ3v) is 6.78. The van der Waals surface area contributed by atoms with E-state index in [0.29, 0.717) is 32.7 Å². The average Bonchev–Trinajstić information content (AvgIpc) is 3.05. The Bertz CT molecular complexity index is 730. The standard InChI is InChI=1S/C18H27N3O5S/c1-25-16-2-4-17(5-3-16)26-12-7-19-18(22)21-10-8-20(9-11-21)15-6-13-27(23,24)14-15/h2-5,15H,6-14H2,1H3,(H,19,22). The van der Waals surface area contributed by atoms with Gasteiger partial charge < -0.3 is 19.7 Å². The van der Waals surface area contributed by atoms with Crippen molar-refractivity contribution in [2.24, 2.45) is 0 Å². The number of urea groups is 1. The number of carbonyl (C=O) groups is 1. The summed E-state index contributed by atoms with van der Waals surface area (Å²) in [5.74, 6) is 2.03. The number of benzene rings is 1. The fraction of sp³-hybridized carbons (Fsp3) is 0.611. The van der Waals surface area contributed by atoms with Gasteiger partial charge in [-0.3, -0.25) is 4.90 Å². The summed E-state index contributed by atoms with van der Waals surface area (Å²) >= 11 is 0. The second kappa shape index (κ2) is 8.79. The van der Waals surface area contributed by atoms with Crippen LogP contribution in [-0.4, -0.2) is 88.2 Å². The molecule has 0 radical (unpaired) electrons. The van der Waals surface area contributed by atoms with E-state index in [4.69, 9.17) is 9.47 Å². The summed E-state index contributed by atoms with van der Waals surface area (Å²) in [5, 5.41) is 2.87. The van der Waals surface area contributed by atoms with E-state index >= 15 is 0 Å². The Labute approximate surface area is 160 Å². The van der Waals surface area contributed by atoms with E-state index < -0.39 is 9.84 Å². The van der Waals surface area contributed by atoms with Gasteiger partial charge in [-0.15, -0.1) is 0 Å². The maximum Gasteiger partial charge on any atom is 0.317 e. The number of carbonyl (C=O) groups excluding carboxylic acids is 1. The summed E-state index contributed by atoms with van der Waals surface area (Å²) in [5.41, 5.74) is 0. The summed E-state index contributed by atoms with van der Waals surface area (Å²) in [6.45, 7) is 3.47. The van der Waals surface area contributed by atoms with Crippen molar-refractivity contribution in [3.8, 4) is 11.5 Å². The number of piperazine rings is 1. The zero-order chi connectivity index (χ0) is 19.3. The van der Waals surface area contributed by atoms with E-state index in [9.17, 15) is 13.2 Å². The number of nitrogens with one attached hydrogen (secondary N) is 1. The lowest BCUT2D eigenvalue weighted by Gasteiger charge is -2.37. The topological polar surface area (TPSA) is 88.2 Å². The summed E-state index contributed by atoms with van der Waals surface area (Å²) in [6.07, 6.45) is 0.706. The molecule has 0 saturated carbocycles. The fourth-order valence-corrected chi connectivity index (χ4v) is 5.23. The van der Waals surface area contributed by atoms with E-state index in [1.54, 1.807) is 12.0 Å². The zero-order valence-corrected chi connectivity index (χ0v) is 16.4. The Morgan fingerprint density at radius 1 is 1.15 bits per heavy atom. The molecule has 2 saturated heterocycles. The van der Waals surface area contributed by atoms with Crippen LogP contribution in [0.15, 0.2) is 24.3 Å². The van der Waals surface area contributed by atoms with E-state index in [1.807, 2.05) is 24.3 Å². The van der Waals surface area contributed by atoms with Crippen molar-refractivity contribution >= 4 is 15.9 Å². The molecule has 2 amide bonds. The third-order valence-electron chi connectivity index (χ3n) is 5.03. The number of ether oxygens (including phenoxy) is 2. The molecule has 1 atom stereocenters. The van der Waals surface area contributed by atoms with Crippen LogP contribution in [0.25, 0.3) is 0 Å². The van der Waals surface area contributed by atoms with E-state index in [-0.39, 0.29) is 23.6 Å². The van der Waals surface area contributed by atoms with Crippen molar-refractivity contribution in [1.29, 1.82) is 0 Å². The van der Waals surface area contributed by atoms with Crippen LogP contribution in [0.3, 0.4) is 0 Å². The van der Waals surface area contributed by atoms with Gasteiger partial charge in [-0.2, -0.15) is 0 Å². The monoisotopic (exact) mass is 397 g/mol. The normalized spacial score (nSPS) is 22.4. The number of rotatable bonds is 6. The molecule has 2 aliphatic heterocycles. The molecule has 0 aromatic heterocycles. The predicted molar refractivity (Wildman–Crippen MR) is 102 cm³/mol. The summed E-state index contributed by atoms with van der Waals surface area (Å²) in [4.78, 5) is 16.2. The molecule has 0 spiro atoms. The predicted octanol–water partition coefficient (Wildman–Crippen LogP) is 0.588. The van der Waals surface area contributed by atoms with Gasteiger partial charge in [0.2, 0.25) is 0 Å². The van der Waals surface area contributed by atoms with Gasteiger partial charge in [-0.05, 0) is 30.7 Å². The first-order valence-corrected chi connectivity index (χ1v) is 11.0. The lowest BCUT2D eigenvalue weighted by molar-refractivity contribution is 0.115. The van der Waals surface area contributed by atoms with Gasteiger partial charge in [-0.1, -0.05) is 0 Å². The second-order valence-corrected chi connectivity index (χ2v) is 9.06. The highest BCUT2D eigenvalue weighted by molar-refractivity contribution is 7.91. The van der Waals surface area contributed by atoms with E-state index in [0.717, 1.165) is 24.6 Å². The van der Waals surface area contributed by atoms with Crippen LogP contribution in [0.2, 0.25) is 0 Å². The van der Waals surface area contributed by atoms with Crippen LogP contribution in [0.4, 0.5) is 4.79 Å². The van der Waals surface area contributed by atoms with E-state index in [2.05, 4.69) is 10.2 Å². The number of hydrogen-bond donors (Lipinski definition) is 1. The highest BCUT2D eigenvalue weighted by Gasteiger charge is 2.34. The summed E-state index contributed by atoms with van der Waals surface area (Å²) < 4.78 is 33.9. The highest BCUT2D eigenvalue weighted by Crippen LogP contribution is 2.19. The molecule has 1 aromatic rings. The molecule has 0 aliphatic carbocycles. The molecular formula is C18H27N3O5S. The molecule has 0 bridgehead atoms. The molecule has 150 valence electrons. The van der Waals surface area contributed by atoms with Gasteiger partial charge in [0.05, 0.1) is 25.2 Å². The Hall–Kier alpha value is -2.00. The largest absolute Gasteiger partial charge is 0.497 e. The SMILES string of the molecule is COc1ccc(OCCNC(=O)N2CCN(C3CCS(=O)(=O)C3)CC2)cc1. The lowest BCUT2D eigenvalue weighted by Crippen LogP contribution is -2.54. The van der Waals surface area contributed by atoms with Gasteiger partial charge in [-0.25, -0.2) is 13.2 Å². The molecule has 3 rings (SSSR count). The van der Waals surface area contributed by atoms with Crippen molar-refractivity contribution in [1.82, 2.24) is 15.1 Å². The zero-order valence-electron chi connectivity index (χ0n) is 15.6. The molecule has 2 aliphatic rings. The van der Waals surface area contributed by atoms with Crippen LogP contribution >= 0.6 is 0 Å². The van der Waals surface area contributed by atoms with Crippen molar-refractivity contribution in [3.63, 3.8) is 0 Å². The fourth-order valence-electron chi connectivity index (χ4n) is 3.46. The van der Waals surface area contributed by atoms with Gasteiger partial charge in [0.15, 0.2) is 9.84 Å². The van der Waals surface area contributed by atoms with Crippen molar-refractivity contribution in [2.75, 3.05) is 57.9 Å². The van der Waals surface area contributed by atoms with Crippen molar-refractivity contribution in [2.45, 2.75) is 12.5 Å². The third kappa shape index (κ3) is 5.49. The number of methoxy groups -OCH3 is 1. The Morgan fingerprint density at radius 3 is 2.41 bits per heavy atom. The quantitative estimate of drug-likeness (QED) is 0.707. The van der Waals surface area contributed by atoms with Gasteiger partial charge in [0.1, 0.15) is 18.1 Å². The van der Waals surface area contributed by atoms with Crippen LogP contribution in [-0.2, 0) is 9.84 Å². The first-order chi connectivity index (χ1) is 13.0. The molecule has 2 heterocycles. The van der Waals surface area contributed by atoms with Gasteiger partial charge in [0.25, 0.3) is 0 Å². The smallest absolute Gasteiger partial charge is 0.317 e. The molecule has 8 nitrogen and oxygen atoms in total. The lowest BCUT2D eigenvalue weighted by atomic mass is 10.2. The highest BCUT2D eigenvalue weighted by atomic mass is 32.2. The molecule has 2 fully saturated rings. The van der Waals surface area contributed by atoms with Crippen LogP contribution in [0.5, 0.6) is 11.5 Å². The average molecular weight is 397 g/mol. The minimum absolute atomic E-state index is 0.105. The molecule has 27 heavy (non-hydrogen) atoms. The minimum atomic E-state index is -2.87. The molecule has 1 N–H and O–H groups in total. The molecule has 1 aromatic carbocycles. The number of sulfone groups is 1. The first-order valence-electron chi connectivity index (χ1n) is 9.21. The first kappa shape index (κ1) is 19.8. The second-order valence-electron chi connectivity index (χ2n) is 6.84. The van der Waals surface area contributed by atoms with Gasteiger partial charge in [0, 0.05) is 32.2 Å². The molecule has 9 heteroatoms. The van der Waals surface area contributed by atoms with E-state index in [1.165, 1.54) is 0 Å². The maximum absolute atomic E-state index is 12.3. The Kier molecular flexibility index (Phi) is 6.43. The van der Waals surface area contributed by atoms with Crippen molar-refractivity contribution in [3.05, 3.63) is 24.3 Å². The molecular weight excluding hydrogens is 370 g/mol. The summed E-state index contributed by atoms with van der Waals surface area (Å²) in [7, 11) is -1.26. The number of amides is 2. The Morgan fingerprint density at radius 2 is 1.81 bits per heavy atom. The Balaban J connectivity index is 1.33. The van der Waals surface area contributed by atoms with Crippen LogP contribution < -0.4 is 14.8 Å². The van der Waals surface area contributed by atoms with Gasteiger partial charge >= 0.3 is 6.03 Å². The minimum Gasteiger partial charge on any atom is -0.497 e. The molecule has 1 unspecified atom stereocenters. The van der Waals surface area contributed by atoms with Crippen molar-refractivity contribution < 1.29 is 22.7 Å². The summed E-state index contributed by atoms with van der Waals surface area (Å²) in [6, 6.07) is 7.29. The maximum atomic E-state index is 12.3. The van der Waals surface area contributed by atoms with Crippen LogP contribution in [0, 0.1) is 0 Å². The number of nitrogens with zero attached hydrogens (tertiary/aromatic N) is 2. The number of hydrogen-bond acceptors (Lipinski definition) is 6. The van der Waals surface area contributed by atoms with Crippen LogP contribution in [0.1, 0.15) is 6.42 Å².